The topological polar surface area (TPSA) is 60.2 Å². The molecule has 0 aliphatic heterocycles. The Hall–Kier alpha value is -1.62. The third-order valence-corrected chi connectivity index (χ3v) is 3.02. The minimum absolute atomic E-state index is 0.108. The lowest BCUT2D eigenvalue weighted by molar-refractivity contribution is 0.267. The Balaban J connectivity index is 1.99. The van der Waals surface area contributed by atoms with Gasteiger partial charge in [-0.2, -0.15) is 0 Å². The molecule has 1 aromatic heterocycles. The van der Waals surface area contributed by atoms with Gasteiger partial charge in [-0.15, -0.1) is 0 Å². The molecule has 1 aromatic carbocycles. The molecular formula is C14H16ClN3O. The minimum atomic E-state index is -0.108. The zero-order valence-corrected chi connectivity index (χ0v) is 11.4. The maximum absolute atomic E-state index is 5.82. The fourth-order valence-corrected chi connectivity index (χ4v) is 1.76. The van der Waals surface area contributed by atoms with Gasteiger partial charge in [0.2, 0.25) is 0 Å². The number of hydrogen-bond donors (Lipinski definition) is 2. The second-order valence-corrected chi connectivity index (χ2v) is 4.65. The van der Waals surface area contributed by atoms with E-state index >= 15 is 0 Å². The molecule has 100 valence electrons. The summed E-state index contributed by atoms with van der Waals surface area (Å²) in [7, 11) is 0. The molecule has 0 spiro atoms. The first kappa shape index (κ1) is 13.8. The average Bonchev–Trinajstić information content (AvgIpc) is 2.43. The Labute approximate surface area is 117 Å². The first-order valence-electron chi connectivity index (χ1n) is 5.96. The van der Waals surface area contributed by atoms with Crippen LogP contribution in [0.3, 0.4) is 0 Å². The lowest BCUT2D eigenvalue weighted by Crippen LogP contribution is -2.32. The van der Waals surface area contributed by atoms with Gasteiger partial charge >= 0.3 is 0 Å². The van der Waals surface area contributed by atoms with Crippen LogP contribution in [0, 0.1) is 6.92 Å². The normalized spacial score (nSPS) is 12.2. The van der Waals surface area contributed by atoms with Gasteiger partial charge in [-0.3, -0.25) is 10.8 Å². The summed E-state index contributed by atoms with van der Waals surface area (Å²) < 4.78 is 5.67. The van der Waals surface area contributed by atoms with Crippen LogP contribution in [-0.2, 0) is 0 Å². The maximum atomic E-state index is 5.82. The molecule has 0 radical (unpaired) electrons. The molecule has 1 atom stereocenters. The molecule has 2 rings (SSSR count). The lowest BCUT2D eigenvalue weighted by Gasteiger charge is -2.17. The molecule has 0 amide bonds. The second-order valence-electron chi connectivity index (χ2n) is 4.22. The summed E-state index contributed by atoms with van der Waals surface area (Å²) in [4.78, 5) is 4.25. The highest BCUT2D eigenvalue weighted by Gasteiger charge is 2.10. The number of halogens is 1. The van der Waals surface area contributed by atoms with E-state index in [1.54, 1.807) is 18.3 Å². The third-order valence-electron chi connectivity index (χ3n) is 2.77. The van der Waals surface area contributed by atoms with E-state index in [2.05, 4.69) is 10.4 Å². The van der Waals surface area contributed by atoms with Gasteiger partial charge in [0.15, 0.2) is 0 Å². The quantitative estimate of drug-likeness (QED) is 0.651. The molecule has 0 bridgehead atoms. The standard InChI is InChI=1S/C14H16ClN3O/c1-10-2-3-11(8-17-10)14(18-16)9-19-13-6-4-12(15)5-7-13/h2-8,14,18H,9,16H2,1H3. The first-order valence-corrected chi connectivity index (χ1v) is 6.34. The predicted molar refractivity (Wildman–Crippen MR) is 76.0 cm³/mol. The number of hydrazine groups is 1. The number of benzene rings is 1. The van der Waals surface area contributed by atoms with Gasteiger partial charge < -0.3 is 4.74 Å². The van der Waals surface area contributed by atoms with Crippen LogP contribution >= 0.6 is 11.6 Å². The SMILES string of the molecule is Cc1ccc(C(COc2ccc(Cl)cc2)NN)cn1. The first-order chi connectivity index (χ1) is 9.19. The summed E-state index contributed by atoms with van der Waals surface area (Å²) in [6.07, 6.45) is 1.80. The van der Waals surface area contributed by atoms with E-state index in [9.17, 15) is 0 Å². The Morgan fingerprint density at radius 2 is 2.00 bits per heavy atom. The molecule has 1 heterocycles. The van der Waals surface area contributed by atoms with Crippen LogP contribution < -0.4 is 16.0 Å². The number of pyridine rings is 1. The highest BCUT2D eigenvalue weighted by atomic mass is 35.5. The summed E-state index contributed by atoms with van der Waals surface area (Å²) >= 11 is 5.82. The van der Waals surface area contributed by atoms with Crippen LogP contribution in [0.25, 0.3) is 0 Å². The molecule has 0 aliphatic carbocycles. The molecule has 4 nitrogen and oxygen atoms in total. The number of aromatic nitrogens is 1. The lowest BCUT2D eigenvalue weighted by atomic mass is 10.1. The number of aryl methyl sites for hydroxylation is 1. The van der Waals surface area contributed by atoms with Crippen LogP contribution in [0.4, 0.5) is 0 Å². The molecule has 1 unspecified atom stereocenters. The summed E-state index contributed by atoms with van der Waals surface area (Å²) in [6, 6.07) is 11.0. The Morgan fingerprint density at radius 3 is 2.58 bits per heavy atom. The number of hydrogen-bond acceptors (Lipinski definition) is 4. The number of nitrogens with two attached hydrogens (primary N) is 1. The Kier molecular flexibility index (Phi) is 4.74. The van der Waals surface area contributed by atoms with Crippen LogP contribution in [0.2, 0.25) is 5.02 Å². The monoisotopic (exact) mass is 277 g/mol. The van der Waals surface area contributed by atoms with Crippen LogP contribution in [-0.4, -0.2) is 11.6 Å². The van der Waals surface area contributed by atoms with Gasteiger partial charge in [0.1, 0.15) is 12.4 Å². The van der Waals surface area contributed by atoms with Crippen molar-refractivity contribution in [2.24, 2.45) is 5.84 Å². The van der Waals surface area contributed by atoms with Gasteiger partial charge in [-0.1, -0.05) is 17.7 Å². The fourth-order valence-electron chi connectivity index (χ4n) is 1.64. The minimum Gasteiger partial charge on any atom is -0.492 e. The van der Waals surface area contributed by atoms with Crippen molar-refractivity contribution in [1.29, 1.82) is 0 Å². The Bertz CT molecular complexity index is 513. The van der Waals surface area contributed by atoms with E-state index in [1.807, 2.05) is 31.2 Å². The van der Waals surface area contributed by atoms with Crippen molar-refractivity contribution in [3.63, 3.8) is 0 Å². The largest absolute Gasteiger partial charge is 0.492 e. The molecule has 2 aromatic rings. The number of ether oxygens (including phenoxy) is 1. The van der Waals surface area contributed by atoms with Crippen LogP contribution in [0.5, 0.6) is 5.75 Å². The maximum Gasteiger partial charge on any atom is 0.119 e. The van der Waals surface area contributed by atoms with Crippen molar-refractivity contribution in [3.8, 4) is 5.75 Å². The van der Waals surface area contributed by atoms with Gasteiger partial charge in [0.05, 0.1) is 6.04 Å². The Morgan fingerprint density at radius 1 is 1.26 bits per heavy atom. The molecule has 5 heteroatoms. The third kappa shape index (κ3) is 3.92. The van der Waals surface area contributed by atoms with Gasteiger partial charge in [0.25, 0.3) is 0 Å². The predicted octanol–water partition coefficient (Wildman–Crippen LogP) is 2.63. The molecule has 19 heavy (non-hydrogen) atoms. The van der Waals surface area contributed by atoms with Crippen molar-refractivity contribution in [2.75, 3.05) is 6.61 Å². The molecule has 0 fully saturated rings. The molecule has 0 saturated heterocycles. The van der Waals surface area contributed by atoms with E-state index in [-0.39, 0.29) is 6.04 Å². The number of nitrogens with one attached hydrogen (secondary N) is 1. The smallest absolute Gasteiger partial charge is 0.119 e. The average molecular weight is 278 g/mol. The summed E-state index contributed by atoms with van der Waals surface area (Å²) in [6.45, 7) is 2.36. The highest BCUT2D eigenvalue weighted by Crippen LogP contribution is 2.18. The summed E-state index contributed by atoms with van der Waals surface area (Å²) in [5, 5.41) is 0.684. The van der Waals surface area contributed by atoms with E-state index in [0.29, 0.717) is 11.6 Å². The second kappa shape index (κ2) is 6.52. The van der Waals surface area contributed by atoms with Crippen molar-refractivity contribution in [2.45, 2.75) is 13.0 Å². The van der Waals surface area contributed by atoms with Gasteiger partial charge in [-0.05, 0) is 42.8 Å². The van der Waals surface area contributed by atoms with Gasteiger partial charge in [-0.25, -0.2) is 5.43 Å². The summed E-state index contributed by atoms with van der Waals surface area (Å²) in [5.41, 5.74) is 4.69. The fraction of sp³-hybridized carbons (Fsp3) is 0.214. The molecule has 0 aliphatic rings. The van der Waals surface area contributed by atoms with Crippen molar-refractivity contribution < 1.29 is 4.74 Å². The summed E-state index contributed by atoms with van der Waals surface area (Å²) in [5.74, 6) is 6.31. The zero-order chi connectivity index (χ0) is 13.7. The number of nitrogens with zero attached hydrogens (tertiary/aromatic N) is 1. The highest BCUT2D eigenvalue weighted by molar-refractivity contribution is 6.30. The van der Waals surface area contributed by atoms with E-state index in [0.717, 1.165) is 17.0 Å². The van der Waals surface area contributed by atoms with Crippen LogP contribution in [0.15, 0.2) is 42.6 Å². The van der Waals surface area contributed by atoms with E-state index < -0.39 is 0 Å². The van der Waals surface area contributed by atoms with Crippen molar-refractivity contribution in [3.05, 3.63) is 58.9 Å². The zero-order valence-electron chi connectivity index (χ0n) is 10.6. The van der Waals surface area contributed by atoms with E-state index in [1.165, 1.54) is 0 Å². The molecule has 3 N–H and O–H groups in total. The molecule has 0 saturated carbocycles. The number of rotatable bonds is 5. The molecular weight excluding hydrogens is 262 g/mol. The van der Waals surface area contributed by atoms with Crippen molar-refractivity contribution in [1.82, 2.24) is 10.4 Å². The van der Waals surface area contributed by atoms with Crippen molar-refractivity contribution >= 4 is 11.6 Å². The van der Waals surface area contributed by atoms with E-state index in [4.69, 9.17) is 22.2 Å². The van der Waals surface area contributed by atoms with Gasteiger partial charge in [0, 0.05) is 16.9 Å². The van der Waals surface area contributed by atoms with Crippen LogP contribution in [0.1, 0.15) is 17.3 Å².